The molecule has 128 valence electrons. The minimum absolute atomic E-state index is 0.0903. The lowest BCUT2D eigenvalue weighted by atomic mass is 10.3. The number of nitrogens with one attached hydrogen (secondary N) is 2. The van der Waals surface area contributed by atoms with Gasteiger partial charge in [0.25, 0.3) is 0 Å². The van der Waals surface area contributed by atoms with Gasteiger partial charge in [-0.1, -0.05) is 17.7 Å². The SMILES string of the molecule is CN=C(NCCS(C)(=O)=O)NC1CCN(c2cccc(Cl)c2)C1. The smallest absolute Gasteiger partial charge is 0.191 e. The molecule has 1 atom stereocenters. The number of hydrogen-bond donors (Lipinski definition) is 2. The second-order valence-electron chi connectivity index (χ2n) is 5.68. The van der Waals surface area contributed by atoms with Crippen LogP contribution in [0.15, 0.2) is 29.3 Å². The molecule has 1 aliphatic rings. The van der Waals surface area contributed by atoms with E-state index >= 15 is 0 Å². The van der Waals surface area contributed by atoms with Gasteiger partial charge in [-0.15, -0.1) is 0 Å². The highest BCUT2D eigenvalue weighted by molar-refractivity contribution is 7.90. The average molecular weight is 359 g/mol. The van der Waals surface area contributed by atoms with Gasteiger partial charge in [0, 0.05) is 49.7 Å². The normalized spacial score (nSPS) is 19.0. The fraction of sp³-hybridized carbons (Fsp3) is 0.533. The summed E-state index contributed by atoms with van der Waals surface area (Å²) < 4.78 is 22.3. The number of sulfone groups is 1. The molecule has 0 aliphatic carbocycles. The minimum atomic E-state index is -2.97. The molecule has 0 aromatic heterocycles. The number of anilines is 1. The van der Waals surface area contributed by atoms with Crippen molar-refractivity contribution in [2.45, 2.75) is 12.5 Å². The molecule has 1 fully saturated rings. The van der Waals surface area contributed by atoms with Crippen molar-refractivity contribution in [2.24, 2.45) is 4.99 Å². The Hall–Kier alpha value is -1.47. The van der Waals surface area contributed by atoms with E-state index in [1.54, 1.807) is 7.05 Å². The second-order valence-corrected chi connectivity index (χ2v) is 8.38. The summed E-state index contributed by atoms with van der Waals surface area (Å²) in [5, 5.41) is 7.11. The van der Waals surface area contributed by atoms with Gasteiger partial charge >= 0.3 is 0 Å². The van der Waals surface area contributed by atoms with Crippen molar-refractivity contribution in [2.75, 3.05) is 43.6 Å². The number of nitrogens with zero attached hydrogens (tertiary/aromatic N) is 2. The van der Waals surface area contributed by atoms with Crippen molar-refractivity contribution >= 4 is 33.1 Å². The molecule has 0 amide bonds. The third-order valence-electron chi connectivity index (χ3n) is 3.69. The summed E-state index contributed by atoms with van der Waals surface area (Å²) >= 11 is 6.04. The van der Waals surface area contributed by atoms with Gasteiger partial charge in [-0.3, -0.25) is 4.99 Å². The summed E-state index contributed by atoms with van der Waals surface area (Å²) in [7, 11) is -1.29. The predicted octanol–water partition coefficient (Wildman–Crippen LogP) is 1.13. The molecule has 2 N–H and O–H groups in total. The van der Waals surface area contributed by atoms with Gasteiger partial charge in [-0.25, -0.2) is 8.42 Å². The van der Waals surface area contributed by atoms with E-state index in [2.05, 4.69) is 20.5 Å². The molecule has 0 saturated carbocycles. The Bertz CT molecular complexity index is 663. The maximum absolute atomic E-state index is 11.2. The van der Waals surface area contributed by atoms with Crippen molar-refractivity contribution in [3.63, 3.8) is 0 Å². The lowest BCUT2D eigenvalue weighted by molar-refractivity contribution is 0.599. The zero-order valence-corrected chi connectivity index (χ0v) is 15.0. The zero-order chi connectivity index (χ0) is 16.9. The number of aliphatic imine (C=N–C) groups is 1. The molecule has 1 saturated heterocycles. The molecule has 23 heavy (non-hydrogen) atoms. The van der Waals surface area contributed by atoms with E-state index in [0.29, 0.717) is 12.5 Å². The Balaban J connectivity index is 1.84. The van der Waals surface area contributed by atoms with E-state index in [4.69, 9.17) is 11.6 Å². The van der Waals surface area contributed by atoms with Gasteiger partial charge in [0.2, 0.25) is 0 Å². The molecule has 0 spiro atoms. The van der Waals surface area contributed by atoms with E-state index in [-0.39, 0.29) is 11.8 Å². The van der Waals surface area contributed by atoms with Crippen molar-refractivity contribution in [1.82, 2.24) is 10.6 Å². The fourth-order valence-corrected chi connectivity index (χ4v) is 3.19. The first-order valence-electron chi connectivity index (χ1n) is 7.53. The summed E-state index contributed by atoms with van der Waals surface area (Å²) in [5.74, 6) is 0.721. The summed E-state index contributed by atoms with van der Waals surface area (Å²) in [6.45, 7) is 2.15. The van der Waals surface area contributed by atoms with Crippen LogP contribution < -0.4 is 15.5 Å². The van der Waals surface area contributed by atoms with Gasteiger partial charge in [0.1, 0.15) is 9.84 Å². The van der Waals surface area contributed by atoms with E-state index in [1.165, 1.54) is 6.26 Å². The predicted molar refractivity (Wildman–Crippen MR) is 96.3 cm³/mol. The molecule has 0 bridgehead atoms. The highest BCUT2D eigenvalue weighted by Crippen LogP contribution is 2.23. The van der Waals surface area contributed by atoms with Gasteiger partial charge in [0.05, 0.1) is 5.75 Å². The topological polar surface area (TPSA) is 73.8 Å². The Morgan fingerprint density at radius 2 is 2.26 bits per heavy atom. The maximum atomic E-state index is 11.2. The molecule has 1 unspecified atom stereocenters. The third-order valence-corrected chi connectivity index (χ3v) is 4.87. The minimum Gasteiger partial charge on any atom is -0.369 e. The zero-order valence-electron chi connectivity index (χ0n) is 13.4. The van der Waals surface area contributed by atoms with Crippen LogP contribution in [0.2, 0.25) is 5.02 Å². The molecule has 2 rings (SSSR count). The molecular formula is C15H23ClN4O2S. The van der Waals surface area contributed by atoms with E-state index in [0.717, 1.165) is 30.2 Å². The Labute approximate surface area is 142 Å². The summed E-state index contributed by atoms with van der Waals surface area (Å²) in [6, 6.07) is 8.09. The molecular weight excluding hydrogens is 336 g/mol. The summed E-state index contributed by atoms with van der Waals surface area (Å²) in [5.41, 5.74) is 1.11. The lowest BCUT2D eigenvalue weighted by Gasteiger charge is -2.20. The van der Waals surface area contributed by atoms with Crippen LogP contribution in [0.5, 0.6) is 0 Å². The second kappa shape index (κ2) is 7.88. The van der Waals surface area contributed by atoms with Crippen molar-refractivity contribution in [3.8, 4) is 0 Å². The molecule has 8 heteroatoms. The number of rotatable bonds is 5. The van der Waals surface area contributed by atoms with Crippen LogP contribution in [0.4, 0.5) is 5.69 Å². The van der Waals surface area contributed by atoms with Crippen LogP contribution in [-0.2, 0) is 9.84 Å². The van der Waals surface area contributed by atoms with Crippen LogP contribution in [0.3, 0.4) is 0 Å². The molecule has 6 nitrogen and oxygen atoms in total. The summed E-state index contributed by atoms with van der Waals surface area (Å²) in [6.07, 6.45) is 2.21. The van der Waals surface area contributed by atoms with E-state index in [1.807, 2.05) is 24.3 Å². The van der Waals surface area contributed by atoms with Crippen LogP contribution in [0.25, 0.3) is 0 Å². The largest absolute Gasteiger partial charge is 0.369 e. The monoisotopic (exact) mass is 358 g/mol. The highest BCUT2D eigenvalue weighted by atomic mass is 35.5. The number of guanidine groups is 1. The van der Waals surface area contributed by atoms with Crippen LogP contribution >= 0.6 is 11.6 Å². The van der Waals surface area contributed by atoms with Gasteiger partial charge < -0.3 is 15.5 Å². The molecule has 1 aliphatic heterocycles. The van der Waals surface area contributed by atoms with Crippen molar-refractivity contribution in [1.29, 1.82) is 0 Å². The number of halogens is 1. The lowest BCUT2D eigenvalue weighted by Crippen LogP contribution is -2.45. The Morgan fingerprint density at radius 1 is 1.48 bits per heavy atom. The molecule has 0 radical (unpaired) electrons. The van der Waals surface area contributed by atoms with Crippen LogP contribution in [0.1, 0.15) is 6.42 Å². The third kappa shape index (κ3) is 5.91. The summed E-state index contributed by atoms with van der Waals surface area (Å²) in [4.78, 5) is 6.41. The maximum Gasteiger partial charge on any atom is 0.191 e. The number of hydrogen-bond acceptors (Lipinski definition) is 4. The van der Waals surface area contributed by atoms with Crippen LogP contribution in [-0.4, -0.2) is 59.1 Å². The highest BCUT2D eigenvalue weighted by Gasteiger charge is 2.23. The van der Waals surface area contributed by atoms with E-state index < -0.39 is 9.84 Å². The van der Waals surface area contributed by atoms with Gasteiger partial charge in [-0.05, 0) is 24.6 Å². The average Bonchev–Trinajstić information content (AvgIpc) is 2.93. The first kappa shape index (κ1) is 17.9. The van der Waals surface area contributed by atoms with Crippen molar-refractivity contribution in [3.05, 3.63) is 29.3 Å². The molecule has 1 aromatic carbocycles. The molecule has 1 aromatic rings. The molecule has 1 heterocycles. The fourth-order valence-electron chi connectivity index (χ4n) is 2.53. The van der Waals surface area contributed by atoms with E-state index in [9.17, 15) is 8.42 Å². The first-order valence-corrected chi connectivity index (χ1v) is 9.96. The standard InChI is InChI=1S/C15H23ClN4O2S/c1-17-15(18-7-9-23(2,21)22)19-13-6-8-20(11-13)14-5-3-4-12(16)10-14/h3-5,10,13H,6-9,11H2,1-2H3,(H2,17,18,19). The van der Waals surface area contributed by atoms with Gasteiger partial charge in [0.15, 0.2) is 5.96 Å². The van der Waals surface area contributed by atoms with Crippen molar-refractivity contribution < 1.29 is 8.42 Å². The van der Waals surface area contributed by atoms with Crippen LogP contribution in [0, 0.1) is 0 Å². The number of benzene rings is 1. The quantitative estimate of drug-likeness (QED) is 0.609. The first-order chi connectivity index (χ1) is 10.9. The van der Waals surface area contributed by atoms with Gasteiger partial charge in [-0.2, -0.15) is 0 Å². The Morgan fingerprint density at radius 3 is 2.91 bits per heavy atom. The Kier molecular flexibility index (Phi) is 6.12.